The van der Waals surface area contributed by atoms with E-state index in [1.54, 1.807) is 6.92 Å². The van der Waals surface area contributed by atoms with Crippen LogP contribution in [-0.2, 0) is 9.53 Å². The smallest absolute Gasteiger partial charge is 0.159 e. The van der Waals surface area contributed by atoms with Gasteiger partial charge in [0.1, 0.15) is 12.4 Å². The van der Waals surface area contributed by atoms with Crippen LogP contribution in [0, 0.1) is 5.92 Å². The molecule has 4 aliphatic rings. The minimum absolute atomic E-state index is 0.114. The first-order valence-corrected chi connectivity index (χ1v) is 7.48. The summed E-state index contributed by atoms with van der Waals surface area (Å²) in [6.45, 7) is 5.71. The molecular weight excluding hydrogens is 252 g/mol. The van der Waals surface area contributed by atoms with Gasteiger partial charge >= 0.3 is 0 Å². The normalized spacial score (nSPS) is 35.0. The fourth-order valence-corrected chi connectivity index (χ4v) is 3.85. The standard InChI is InChI=1S/C16H20N2O2/c1-11(19)15-10-20-16-9-18(5-3-14(15)16)13-6-12-2-4-17(7-12)8-13/h3,5,9,12-13H,2,4,6-8,10H2,1H3/t12-,13-/m1/s1. The first-order chi connectivity index (χ1) is 9.70. The predicted octanol–water partition coefficient (Wildman–Crippen LogP) is 1.67. The molecule has 1 unspecified atom stereocenters. The molecule has 4 aliphatic heterocycles. The average Bonchev–Trinajstić information content (AvgIpc) is 3.01. The molecule has 0 aliphatic carbocycles. The third-order valence-corrected chi connectivity index (χ3v) is 4.93. The van der Waals surface area contributed by atoms with Crippen LogP contribution in [0.25, 0.3) is 0 Å². The molecule has 106 valence electrons. The Morgan fingerprint density at radius 3 is 3.10 bits per heavy atom. The number of rotatable bonds is 2. The van der Waals surface area contributed by atoms with Gasteiger partial charge in [-0.15, -0.1) is 0 Å². The third kappa shape index (κ3) is 1.90. The average molecular weight is 272 g/mol. The number of nitrogens with zero attached hydrogens (tertiary/aromatic N) is 2. The maximum Gasteiger partial charge on any atom is 0.159 e. The summed E-state index contributed by atoms with van der Waals surface area (Å²) in [6.07, 6.45) is 8.86. The molecule has 3 atom stereocenters. The maximum atomic E-state index is 11.6. The van der Waals surface area contributed by atoms with Gasteiger partial charge in [0.2, 0.25) is 0 Å². The highest BCUT2D eigenvalue weighted by Crippen LogP contribution is 2.34. The summed E-state index contributed by atoms with van der Waals surface area (Å²) in [6, 6.07) is 0.548. The van der Waals surface area contributed by atoms with Gasteiger partial charge in [-0.3, -0.25) is 4.79 Å². The van der Waals surface area contributed by atoms with Gasteiger partial charge in [-0.05, 0) is 38.3 Å². The van der Waals surface area contributed by atoms with Crippen LogP contribution in [0.15, 0.2) is 35.4 Å². The Bertz CT molecular complexity index is 535. The quantitative estimate of drug-likeness (QED) is 0.765. The van der Waals surface area contributed by atoms with Crippen molar-refractivity contribution in [2.45, 2.75) is 25.8 Å². The number of hydrogen-bond donors (Lipinski definition) is 0. The van der Waals surface area contributed by atoms with Gasteiger partial charge in [0.05, 0.1) is 0 Å². The van der Waals surface area contributed by atoms with Crippen molar-refractivity contribution in [1.29, 1.82) is 0 Å². The molecule has 0 aromatic heterocycles. The van der Waals surface area contributed by atoms with Crippen LogP contribution in [-0.4, -0.2) is 47.9 Å². The summed E-state index contributed by atoms with van der Waals surface area (Å²) in [5.41, 5.74) is 1.78. The van der Waals surface area contributed by atoms with Gasteiger partial charge in [-0.2, -0.15) is 0 Å². The Hall–Kier alpha value is -1.55. The molecule has 4 rings (SSSR count). The van der Waals surface area contributed by atoms with Crippen molar-refractivity contribution >= 4 is 5.78 Å². The number of Topliss-reactive ketones (excluding diaryl/α,β-unsaturated/α-hetero) is 1. The summed E-state index contributed by atoms with van der Waals surface area (Å²) in [5, 5.41) is 0. The molecule has 4 heterocycles. The van der Waals surface area contributed by atoms with E-state index in [2.05, 4.69) is 22.2 Å². The zero-order valence-electron chi connectivity index (χ0n) is 11.8. The van der Waals surface area contributed by atoms with E-state index in [0.29, 0.717) is 12.6 Å². The van der Waals surface area contributed by atoms with E-state index in [9.17, 15) is 4.79 Å². The highest BCUT2D eigenvalue weighted by atomic mass is 16.5. The zero-order valence-corrected chi connectivity index (χ0v) is 11.8. The lowest BCUT2D eigenvalue weighted by Crippen LogP contribution is -2.43. The van der Waals surface area contributed by atoms with Crippen molar-refractivity contribution in [3.8, 4) is 0 Å². The first-order valence-electron chi connectivity index (χ1n) is 7.48. The highest BCUT2D eigenvalue weighted by molar-refractivity contribution is 5.96. The van der Waals surface area contributed by atoms with E-state index in [4.69, 9.17) is 4.74 Å². The number of ether oxygens (including phenoxy) is 1. The second-order valence-electron chi connectivity index (χ2n) is 6.30. The molecule has 0 saturated carbocycles. The van der Waals surface area contributed by atoms with Gasteiger partial charge in [-0.25, -0.2) is 0 Å². The third-order valence-electron chi connectivity index (χ3n) is 4.93. The Morgan fingerprint density at radius 2 is 2.30 bits per heavy atom. The van der Waals surface area contributed by atoms with Gasteiger partial charge in [0, 0.05) is 42.7 Å². The molecule has 0 spiro atoms. The van der Waals surface area contributed by atoms with E-state index in [1.165, 1.54) is 25.9 Å². The van der Waals surface area contributed by atoms with Gasteiger partial charge in [0.15, 0.2) is 5.78 Å². The van der Waals surface area contributed by atoms with E-state index < -0.39 is 0 Å². The fourth-order valence-electron chi connectivity index (χ4n) is 3.85. The minimum Gasteiger partial charge on any atom is -0.487 e. The lowest BCUT2D eigenvalue weighted by molar-refractivity contribution is -0.113. The zero-order chi connectivity index (χ0) is 13.7. The number of ketones is 1. The van der Waals surface area contributed by atoms with Crippen LogP contribution in [0.5, 0.6) is 0 Å². The maximum absolute atomic E-state index is 11.6. The van der Waals surface area contributed by atoms with Crippen molar-refractivity contribution in [3.05, 3.63) is 35.4 Å². The fraction of sp³-hybridized carbons (Fsp3) is 0.562. The molecule has 20 heavy (non-hydrogen) atoms. The molecule has 0 N–H and O–H groups in total. The molecule has 4 heteroatoms. The molecule has 0 aromatic carbocycles. The summed E-state index contributed by atoms with van der Waals surface area (Å²) in [5.74, 6) is 1.84. The number of fused-ring (bicyclic) bond motifs is 3. The van der Waals surface area contributed by atoms with Crippen molar-refractivity contribution in [1.82, 2.24) is 9.80 Å². The Labute approximate surface area is 119 Å². The van der Waals surface area contributed by atoms with Crippen LogP contribution in [0.2, 0.25) is 0 Å². The molecule has 0 radical (unpaired) electrons. The first kappa shape index (κ1) is 12.2. The van der Waals surface area contributed by atoms with Crippen molar-refractivity contribution < 1.29 is 9.53 Å². The summed E-state index contributed by atoms with van der Waals surface area (Å²) < 4.78 is 5.68. The van der Waals surface area contributed by atoms with Crippen LogP contribution in [0.3, 0.4) is 0 Å². The molecule has 4 nitrogen and oxygen atoms in total. The number of allylic oxidation sites excluding steroid dienone is 1. The lowest BCUT2D eigenvalue weighted by atomic mass is 9.95. The second-order valence-corrected chi connectivity index (χ2v) is 6.30. The van der Waals surface area contributed by atoms with Crippen LogP contribution in [0.1, 0.15) is 19.8 Å². The molecule has 0 amide bonds. The molecule has 2 fully saturated rings. The Balaban J connectivity index is 1.56. The second kappa shape index (κ2) is 4.48. The van der Waals surface area contributed by atoms with Crippen LogP contribution in [0.4, 0.5) is 0 Å². The van der Waals surface area contributed by atoms with E-state index in [-0.39, 0.29) is 5.78 Å². The SMILES string of the molecule is CC(=O)C1=C2C=CN([C@@H]3C[C@H]4CCN(C4)C3)C=C2OC1. The Morgan fingerprint density at radius 1 is 1.40 bits per heavy atom. The van der Waals surface area contributed by atoms with Gasteiger partial charge in [-0.1, -0.05) is 0 Å². The summed E-state index contributed by atoms with van der Waals surface area (Å²) in [7, 11) is 0. The van der Waals surface area contributed by atoms with Crippen molar-refractivity contribution in [2.24, 2.45) is 5.92 Å². The number of hydrogen-bond acceptors (Lipinski definition) is 4. The van der Waals surface area contributed by atoms with Gasteiger partial charge < -0.3 is 14.5 Å². The number of piperidine rings is 1. The number of carbonyl (C=O) groups is 1. The van der Waals surface area contributed by atoms with Crippen LogP contribution < -0.4 is 0 Å². The minimum atomic E-state index is 0.114. The summed E-state index contributed by atoms with van der Waals surface area (Å²) >= 11 is 0. The van der Waals surface area contributed by atoms with E-state index in [1.807, 2.05) is 6.08 Å². The van der Waals surface area contributed by atoms with Crippen molar-refractivity contribution in [2.75, 3.05) is 26.2 Å². The topological polar surface area (TPSA) is 32.8 Å². The predicted molar refractivity (Wildman–Crippen MR) is 75.7 cm³/mol. The summed E-state index contributed by atoms with van der Waals surface area (Å²) in [4.78, 5) is 16.4. The van der Waals surface area contributed by atoms with E-state index in [0.717, 1.165) is 29.4 Å². The molecule has 0 aromatic rings. The molecule has 2 saturated heterocycles. The Kier molecular flexibility index (Phi) is 2.74. The highest BCUT2D eigenvalue weighted by Gasteiger charge is 2.35. The van der Waals surface area contributed by atoms with Crippen molar-refractivity contribution in [3.63, 3.8) is 0 Å². The monoisotopic (exact) mass is 272 g/mol. The van der Waals surface area contributed by atoms with E-state index >= 15 is 0 Å². The van der Waals surface area contributed by atoms with Gasteiger partial charge in [0.25, 0.3) is 0 Å². The lowest BCUT2D eigenvalue weighted by Gasteiger charge is -2.37. The number of carbonyl (C=O) groups excluding carboxylic acids is 1. The molecule has 2 bridgehead atoms. The van der Waals surface area contributed by atoms with Crippen LogP contribution >= 0.6 is 0 Å². The largest absolute Gasteiger partial charge is 0.487 e. The molecular formula is C16H20N2O2.